The van der Waals surface area contributed by atoms with Crippen molar-refractivity contribution in [3.8, 4) is 5.69 Å². The average Bonchev–Trinajstić information content (AvgIpc) is 3.07. The van der Waals surface area contributed by atoms with Crippen LogP contribution in [0.5, 0.6) is 0 Å². The van der Waals surface area contributed by atoms with Gasteiger partial charge in [-0.3, -0.25) is 18.6 Å². The molecule has 1 N–H and O–H groups in total. The van der Waals surface area contributed by atoms with E-state index in [0.717, 1.165) is 10.6 Å². The van der Waals surface area contributed by atoms with Gasteiger partial charge in [0.2, 0.25) is 10.0 Å². The summed E-state index contributed by atoms with van der Waals surface area (Å²) in [5, 5.41) is 3.09. The van der Waals surface area contributed by atoms with E-state index < -0.39 is 15.9 Å². The monoisotopic (exact) mass is 558 g/mol. The van der Waals surface area contributed by atoms with Gasteiger partial charge in [0.05, 0.1) is 39.9 Å². The van der Waals surface area contributed by atoms with Crippen molar-refractivity contribution in [2.75, 3.05) is 15.9 Å². The van der Waals surface area contributed by atoms with Crippen LogP contribution in [0.4, 0.5) is 11.4 Å². The Bertz CT molecular complexity index is 1630. The molecular weight excluding hydrogens is 535 g/mol. The number of nitrogens with zero attached hydrogens (tertiary/aromatic N) is 3. The predicted molar refractivity (Wildman–Crippen MR) is 148 cm³/mol. The molecule has 0 aliphatic carbocycles. The lowest BCUT2D eigenvalue weighted by Gasteiger charge is -2.24. The van der Waals surface area contributed by atoms with Gasteiger partial charge in [-0.1, -0.05) is 59.6 Å². The van der Waals surface area contributed by atoms with Crippen LogP contribution in [0, 0.1) is 6.92 Å². The van der Waals surface area contributed by atoms with E-state index in [9.17, 15) is 18.0 Å². The van der Waals surface area contributed by atoms with E-state index in [0.29, 0.717) is 22.5 Å². The van der Waals surface area contributed by atoms with E-state index in [2.05, 4.69) is 5.32 Å². The second-order valence-corrected chi connectivity index (χ2v) is 11.1. The van der Waals surface area contributed by atoms with Gasteiger partial charge >= 0.3 is 0 Å². The number of nitrogens with one attached hydrogen (secondary N) is 1. The van der Waals surface area contributed by atoms with E-state index in [1.165, 1.54) is 4.68 Å². The van der Waals surface area contributed by atoms with Crippen LogP contribution in [0.1, 0.15) is 21.6 Å². The highest BCUT2D eigenvalue weighted by Gasteiger charge is 2.22. The normalized spacial score (nSPS) is 11.4. The van der Waals surface area contributed by atoms with Crippen molar-refractivity contribution in [3.05, 3.63) is 110 Å². The van der Waals surface area contributed by atoms with E-state index in [4.69, 9.17) is 23.2 Å². The summed E-state index contributed by atoms with van der Waals surface area (Å²) in [6.07, 6.45) is 1.08. The smallest absolute Gasteiger partial charge is 0.295 e. The Morgan fingerprint density at radius 3 is 2.24 bits per heavy atom. The number of aromatic nitrogens is 2. The van der Waals surface area contributed by atoms with Gasteiger partial charge in [0.25, 0.3) is 11.5 Å². The van der Waals surface area contributed by atoms with Crippen LogP contribution in [-0.4, -0.2) is 29.9 Å². The maximum atomic E-state index is 13.1. The minimum absolute atomic E-state index is 0.0135. The van der Waals surface area contributed by atoms with Crippen LogP contribution in [0.2, 0.25) is 10.0 Å². The molecule has 1 aromatic heterocycles. The molecule has 0 spiro atoms. The first-order valence-electron chi connectivity index (χ1n) is 11.1. The summed E-state index contributed by atoms with van der Waals surface area (Å²) >= 11 is 12.3. The number of rotatable bonds is 7. The third kappa shape index (κ3) is 5.44. The quantitative estimate of drug-likeness (QED) is 0.345. The van der Waals surface area contributed by atoms with E-state index in [1.54, 1.807) is 61.1 Å². The molecule has 0 atom stereocenters. The fourth-order valence-corrected chi connectivity index (χ4v) is 5.23. The zero-order chi connectivity index (χ0) is 26.9. The first-order valence-corrected chi connectivity index (χ1v) is 13.8. The number of amides is 1. The third-order valence-corrected chi connectivity index (χ3v) is 7.87. The Hall–Kier alpha value is -3.53. The Labute approximate surface area is 224 Å². The molecule has 37 heavy (non-hydrogen) atoms. The second-order valence-electron chi connectivity index (χ2n) is 8.43. The number of hydrogen-bond acceptors (Lipinski definition) is 4. The summed E-state index contributed by atoms with van der Waals surface area (Å²) in [7, 11) is -1.94. The average molecular weight is 559 g/mol. The van der Waals surface area contributed by atoms with Gasteiger partial charge in [0, 0.05) is 12.6 Å². The van der Waals surface area contributed by atoms with Crippen molar-refractivity contribution in [1.29, 1.82) is 0 Å². The maximum Gasteiger partial charge on any atom is 0.295 e. The Balaban J connectivity index is 1.57. The van der Waals surface area contributed by atoms with Crippen LogP contribution in [0.25, 0.3) is 5.69 Å². The molecule has 3 aromatic carbocycles. The largest absolute Gasteiger partial charge is 0.316 e. The number of halogens is 2. The lowest BCUT2D eigenvalue weighted by molar-refractivity contribution is 0.102. The zero-order valence-corrected chi connectivity index (χ0v) is 22.6. The van der Waals surface area contributed by atoms with E-state index in [-0.39, 0.29) is 33.5 Å². The lowest BCUT2D eigenvalue weighted by atomic mass is 10.1. The molecule has 0 radical (unpaired) electrons. The van der Waals surface area contributed by atoms with Crippen LogP contribution >= 0.6 is 23.2 Å². The van der Waals surface area contributed by atoms with Crippen LogP contribution in [-0.2, 0) is 23.6 Å². The van der Waals surface area contributed by atoms with Gasteiger partial charge in [-0.05, 0) is 48.9 Å². The number of benzene rings is 3. The molecule has 0 fully saturated rings. The van der Waals surface area contributed by atoms with Crippen molar-refractivity contribution in [1.82, 2.24) is 9.36 Å². The van der Waals surface area contributed by atoms with E-state index >= 15 is 0 Å². The molecule has 0 bridgehead atoms. The van der Waals surface area contributed by atoms with Gasteiger partial charge in [0.15, 0.2) is 0 Å². The molecule has 0 unspecified atom stereocenters. The molecule has 11 heteroatoms. The van der Waals surface area contributed by atoms with Crippen molar-refractivity contribution < 1.29 is 13.2 Å². The summed E-state index contributed by atoms with van der Waals surface area (Å²) in [6.45, 7) is 1.74. The standard InChI is InChI=1S/C26H24Cl2N4O4S/c1-17-24(26(34)32(30(17)2)20-8-5-4-6-9-20)29-25(33)19-14-12-18(13-15-19)16-31(37(3,35)36)22-11-7-10-21(27)23(22)28/h4-15H,16H2,1-3H3,(H,29,33). The minimum atomic E-state index is -3.69. The number of carbonyl (C=O) groups is 1. The number of carbonyl (C=O) groups excluding carboxylic acids is 1. The molecule has 192 valence electrons. The van der Waals surface area contributed by atoms with Gasteiger partial charge in [-0.15, -0.1) is 0 Å². The highest BCUT2D eigenvalue weighted by molar-refractivity contribution is 7.92. The third-order valence-electron chi connectivity index (χ3n) is 5.94. The molecule has 4 aromatic rings. The van der Waals surface area contributed by atoms with Gasteiger partial charge in [-0.25, -0.2) is 13.1 Å². The first kappa shape index (κ1) is 26.5. The van der Waals surface area contributed by atoms with Crippen molar-refractivity contribution in [3.63, 3.8) is 0 Å². The lowest BCUT2D eigenvalue weighted by Crippen LogP contribution is -2.29. The maximum absolute atomic E-state index is 13.1. The molecule has 1 amide bonds. The molecule has 8 nitrogen and oxygen atoms in total. The molecule has 0 aliphatic heterocycles. The van der Waals surface area contributed by atoms with Gasteiger partial charge in [-0.2, -0.15) is 0 Å². The highest BCUT2D eigenvalue weighted by atomic mass is 35.5. The molecular formula is C26H24Cl2N4O4S. The molecule has 0 saturated heterocycles. The van der Waals surface area contributed by atoms with Crippen molar-refractivity contribution in [2.24, 2.45) is 7.05 Å². The fraction of sp³-hybridized carbons (Fsp3) is 0.154. The number of para-hydroxylation sites is 1. The molecule has 4 rings (SSSR count). The first-order chi connectivity index (χ1) is 17.5. The van der Waals surface area contributed by atoms with Crippen molar-refractivity contribution in [2.45, 2.75) is 13.5 Å². The summed E-state index contributed by atoms with van der Waals surface area (Å²) in [4.78, 5) is 26.0. The molecule has 1 heterocycles. The Morgan fingerprint density at radius 1 is 0.973 bits per heavy atom. The summed E-state index contributed by atoms with van der Waals surface area (Å²) in [5.41, 5.74) is 2.30. The summed E-state index contributed by atoms with van der Waals surface area (Å²) in [6, 6.07) is 20.3. The SMILES string of the molecule is Cc1c(NC(=O)c2ccc(CN(c3cccc(Cl)c3Cl)S(C)(=O)=O)cc2)c(=O)n(-c2ccccc2)n1C. The summed E-state index contributed by atoms with van der Waals surface area (Å²) in [5.74, 6) is -0.463. The second kappa shape index (κ2) is 10.5. The molecule has 0 saturated carbocycles. The van der Waals surface area contributed by atoms with Gasteiger partial charge in [0.1, 0.15) is 5.69 Å². The number of sulfonamides is 1. The number of hydrogen-bond donors (Lipinski definition) is 1. The minimum Gasteiger partial charge on any atom is -0.316 e. The van der Waals surface area contributed by atoms with E-state index in [1.807, 2.05) is 30.3 Å². The topological polar surface area (TPSA) is 93.4 Å². The zero-order valence-electron chi connectivity index (χ0n) is 20.3. The van der Waals surface area contributed by atoms with Crippen LogP contribution < -0.4 is 15.2 Å². The molecule has 0 aliphatic rings. The Morgan fingerprint density at radius 2 is 1.62 bits per heavy atom. The van der Waals surface area contributed by atoms with Crippen LogP contribution in [0.15, 0.2) is 77.6 Å². The highest BCUT2D eigenvalue weighted by Crippen LogP contribution is 2.34. The fourth-order valence-electron chi connectivity index (χ4n) is 3.89. The Kier molecular flexibility index (Phi) is 7.49. The predicted octanol–water partition coefficient (Wildman–Crippen LogP) is 5.01. The van der Waals surface area contributed by atoms with Crippen LogP contribution in [0.3, 0.4) is 0 Å². The summed E-state index contributed by atoms with van der Waals surface area (Å²) < 4.78 is 29.3. The van der Waals surface area contributed by atoms with Crippen molar-refractivity contribution >= 4 is 50.5 Å². The van der Waals surface area contributed by atoms with Gasteiger partial charge < -0.3 is 5.32 Å². The number of anilines is 2.